The van der Waals surface area contributed by atoms with E-state index >= 15 is 0 Å². The Morgan fingerprint density at radius 1 is 1.14 bits per heavy atom. The maximum absolute atomic E-state index is 5.50. The molecule has 3 N–H and O–H groups in total. The Bertz CT molecular complexity index is 455. The second-order valence-corrected chi connectivity index (χ2v) is 6.28. The van der Waals surface area contributed by atoms with Gasteiger partial charge in [0.2, 0.25) is 17.8 Å². The third kappa shape index (κ3) is 3.93. The van der Waals surface area contributed by atoms with E-state index < -0.39 is 0 Å². The number of nitrogens with one attached hydrogen (secondary N) is 1. The molecule has 0 unspecified atom stereocenters. The SMILES string of the molecule is CC(C)CN(c1nc(NN)nc(N(C)C)n1)C1CCCC1. The zero-order chi connectivity index (χ0) is 15.4. The van der Waals surface area contributed by atoms with Crippen molar-refractivity contribution in [3.05, 3.63) is 0 Å². The summed E-state index contributed by atoms with van der Waals surface area (Å²) in [6.07, 6.45) is 4.99. The van der Waals surface area contributed by atoms with Crippen LogP contribution in [0.2, 0.25) is 0 Å². The van der Waals surface area contributed by atoms with Crippen molar-refractivity contribution in [1.82, 2.24) is 15.0 Å². The maximum Gasteiger partial charge on any atom is 0.243 e. The summed E-state index contributed by atoms with van der Waals surface area (Å²) >= 11 is 0. The first kappa shape index (κ1) is 15.8. The minimum Gasteiger partial charge on any atom is -0.347 e. The number of hydrogen-bond donors (Lipinski definition) is 2. The van der Waals surface area contributed by atoms with Crippen molar-refractivity contribution in [3.63, 3.8) is 0 Å². The number of hydrogen-bond acceptors (Lipinski definition) is 7. The van der Waals surface area contributed by atoms with Gasteiger partial charge in [0.15, 0.2) is 0 Å². The predicted octanol–water partition coefficient (Wildman–Crippen LogP) is 1.63. The molecule has 1 saturated carbocycles. The first-order valence-electron chi connectivity index (χ1n) is 7.68. The fourth-order valence-electron chi connectivity index (χ4n) is 2.75. The summed E-state index contributed by atoms with van der Waals surface area (Å²) in [5.74, 6) is 7.82. The number of nitrogen functional groups attached to an aromatic ring is 1. The molecular formula is C14H27N7. The van der Waals surface area contributed by atoms with E-state index in [-0.39, 0.29) is 0 Å². The fourth-order valence-corrected chi connectivity index (χ4v) is 2.75. The summed E-state index contributed by atoms with van der Waals surface area (Å²) in [5, 5.41) is 0. The van der Waals surface area contributed by atoms with E-state index in [9.17, 15) is 0 Å². The van der Waals surface area contributed by atoms with Gasteiger partial charge in [0.05, 0.1) is 0 Å². The highest BCUT2D eigenvalue weighted by Crippen LogP contribution is 2.28. The molecule has 0 amide bonds. The molecular weight excluding hydrogens is 266 g/mol. The summed E-state index contributed by atoms with van der Waals surface area (Å²) in [5.41, 5.74) is 2.55. The van der Waals surface area contributed by atoms with E-state index in [1.165, 1.54) is 25.7 Å². The molecule has 0 radical (unpaired) electrons. The molecule has 0 bridgehead atoms. The van der Waals surface area contributed by atoms with Crippen LogP contribution in [0.15, 0.2) is 0 Å². The number of nitrogens with two attached hydrogens (primary N) is 1. The summed E-state index contributed by atoms with van der Waals surface area (Å²) in [4.78, 5) is 17.6. The quantitative estimate of drug-likeness (QED) is 0.609. The zero-order valence-electron chi connectivity index (χ0n) is 13.5. The summed E-state index contributed by atoms with van der Waals surface area (Å²) < 4.78 is 0. The van der Waals surface area contributed by atoms with Crippen molar-refractivity contribution >= 4 is 17.8 Å². The van der Waals surface area contributed by atoms with E-state index in [4.69, 9.17) is 5.84 Å². The topological polar surface area (TPSA) is 83.2 Å². The highest BCUT2D eigenvalue weighted by Gasteiger charge is 2.26. The van der Waals surface area contributed by atoms with Gasteiger partial charge in [0, 0.05) is 26.7 Å². The lowest BCUT2D eigenvalue weighted by molar-refractivity contribution is 0.525. The van der Waals surface area contributed by atoms with Gasteiger partial charge < -0.3 is 9.80 Å². The maximum atomic E-state index is 5.50. The van der Waals surface area contributed by atoms with Crippen molar-refractivity contribution in [2.45, 2.75) is 45.6 Å². The van der Waals surface area contributed by atoms with Gasteiger partial charge in [-0.1, -0.05) is 26.7 Å². The van der Waals surface area contributed by atoms with Crippen LogP contribution in [0.1, 0.15) is 39.5 Å². The molecule has 1 heterocycles. The highest BCUT2D eigenvalue weighted by atomic mass is 15.4. The molecule has 0 aliphatic heterocycles. The van der Waals surface area contributed by atoms with Gasteiger partial charge in [-0.25, -0.2) is 5.84 Å². The number of hydrazine groups is 1. The average Bonchev–Trinajstić information content (AvgIpc) is 2.97. The van der Waals surface area contributed by atoms with Gasteiger partial charge in [0.25, 0.3) is 0 Å². The Hall–Kier alpha value is -1.63. The van der Waals surface area contributed by atoms with Crippen molar-refractivity contribution in [3.8, 4) is 0 Å². The molecule has 7 heteroatoms. The third-order valence-corrected chi connectivity index (χ3v) is 3.73. The van der Waals surface area contributed by atoms with Gasteiger partial charge in [-0.2, -0.15) is 15.0 Å². The molecule has 21 heavy (non-hydrogen) atoms. The van der Waals surface area contributed by atoms with E-state index in [0.29, 0.717) is 23.9 Å². The van der Waals surface area contributed by atoms with Gasteiger partial charge in [-0.3, -0.25) is 5.43 Å². The molecule has 0 aromatic carbocycles. The number of nitrogens with zero attached hydrogens (tertiary/aromatic N) is 5. The molecule has 118 valence electrons. The molecule has 1 aliphatic carbocycles. The van der Waals surface area contributed by atoms with Gasteiger partial charge in [-0.15, -0.1) is 0 Å². The standard InChI is InChI=1S/C14H27N7/c1-10(2)9-21(11-7-5-6-8-11)14-17-12(19-15)16-13(18-14)20(3)4/h10-11H,5-9,15H2,1-4H3,(H,16,17,18,19). The van der Waals surface area contributed by atoms with Crippen LogP contribution in [0.5, 0.6) is 0 Å². The van der Waals surface area contributed by atoms with Crippen LogP contribution in [-0.2, 0) is 0 Å². The second-order valence-electron chi connectivity index (χ2n) is 6.28. The molecule has 1 aromatic rings. The summed E-state index contributed by atoms with van der Waals surface area (Å²) in [7, 11) is 3.84. The molecule has 0 atom stereocenters. The minimum absolute atomic E-state index is 0.412. The van der Waals surface area contributed by atoms with Crippen LogP contribution in [0.3, 0.4) is 0 Å². The molecule has 1 aliphatic rings. The smallest absolute Gasteiger partial charge is 0.243 e. The number of rotatable bonds is 6. The Morgan fingerprint density at radius 2 is 1.76 bits per heavy atom. The average molecular weight is 293 g/mol. The molecule has 2 rings (SSSR count). The molecule has 0 spiro atoms. The molecule has 7 nitrogen and oxygen atoms in total. The summed E-state index contributed by atoms with van der Waals surface area (Å²) in [6, 6.07) is 0.524. The van der Waals surface area contributed by atoms with Crippen LogP contribution in [0.25, 0.3) is 0 Å². The summed E-state index contributed by atoms with van der Waals surface area (Å²) in [6.45, 7) is 5.39. The first-order valence-corrected chi connectivity index (χ1v) is 7.68. The Labute approximate surface area is 126 Å². The highest BCUT2D eigenvalue weighted by molar-refractivity contribution is 5.45. The Kier molecular flexibility index (Phi) is 5.17. The number of aromatic nitrogens is 3. The van der Waals surface area contributed by atoms with Crippen LogP contribution in [0, 0.1) is 5.92 Å². The Balaban J connectivity index is 2.35. The van der Waals surface area contributed by atoms with Gasteiger partial charge in [-0.05, 0) is 18.8 Å². The minimum atomic E-state index is 0.412. The lowest BCUT2D eigenvalue weighted by Gasteiger charge is -2.31. The van der Waals surface area contributed by atoms with Crippen molar-refractivity contribution in [2.75, 3.05) is 35.9 Å². The van der Waals surface area contributed by atoms with E-state index in [1.54, 1.807) is 0 Å². The second kappa shape index (κ2) is 6.89. The van der Waals surface area contributed by atoms with Crippen LogP contribution < -0.4 is 21.1 Å². The van der Waals surface area contributed by atoms with Gasteiger partial charge >= 0.3 is 0 Å². The van der Waals surface area contributed by atoms with Crippen LogP contribution >= 0.6 is 0 Å². The van der Waals surface area contributed by atoms with Crippen LogP contribution in [0.4, 0.5) is 17.8 Å². The first-order chi connectivity index (χ1) is 10.0. The monoisotopic (exact) mass is 293 g/mol. The zero-order valence-corrected chi connectivity index (χ0v) is 13.5. The normalized spacial score (nSPS) is 15.5. The van der Waals surface area contributed by atoms with E-state index in [2.05, 4.69) is 39.1 Å². The lowest BCUT2D eigenvalue weighted by Crippen LogP contribution is -2.38. The van der Waals surface area contributed by atoms with Crippen molar-refractivity contribution in [2.24, 2.45) is 11.8 Å². The van der Waals surface area contributed by atoms with Crippen molar-refractivity contribution < 1.29 is 0 Å². The van der Waals surface area contributed by atoms with E-state index in [0.717, 1.165) is 12.5 Å². The molecule has 1 aromatic heterocycles. The van der Waals surface area contributed by atoms with Crippen molar-refractivity contribution in [1.29, 1.82) is 0 Å². The van der Waals surface area contributed by atoms with E-state index in [1.807, 2.05) is 19.0 Å². The van der Waals surface area contributed by atoms with Crippen LogP contribution in [-0.4, -0.2) is 41.6 Å². The molecule has 0 saturated heterocycles. The predicted molar refractivity (Wildman–Crippen MR) is 86.4 cm³/mol. The fraction of sp³-hybridized carbons (Fsp3) is 0.786. The molecule has 1 fully saturated rings. The third-order valence-electron chi connectivity index (χ3n) is 3.73. The number of anilines is 3. The Morgan fingerprint density at radius 3 is 2.29 bits per heavy atom. The largest absolute Gasteiger partial charge is 0.347 e. The lowest BCUT2D eigenvalue weighted by atomic mass is 10.1. The van der Waals surface area contributed by atoms with Gasteiger partial charge in [0.1, 0.15) is 0 Å².